The normalized spacial score (nSPS) is 11.3. The zero-order valence-corrected chi connectivity index (χ0v) is 8.65. The SMILES string of the molecule is CPc1cc(C)c(C)c(C)c1. The van der Waals surface area contributed by atoms with Gasteiger partial charge in [0.15, 0.2) is 0 Å². The maximum absolute atomic E-state index is 2.29. The summed E-state index contributed by atoms with van der Waals surface area (Å²) in [5.41, 5.74) is 4.29. The van der Waals surface area contributed by atoms with Gasteiger partial charge in [-0.15, -0.1) is 0 Å². The van der Waals surface area contributed by atoms with Crippen molar-refractivity contribution in [3.63, 3.8) is 0 Å². The molecule has 0 saturated carbocycles. The quantitative estimate of drug-likeness (QED) is 0.562. The number of hydrogen-bond acceptors (Lipinski definition) is 0. The third-order valence-corrected chi connectivity index (χ3v) is 3.08. The van der Waals surface area contributed by atoms with E-state index in [1.54, 1.807) is 0 Å². The van der Waals surface area contributed by atoms with Crippen molar-refractivity contribution in [3.8, 4) is 0 Å². The Hall–Kier alpha value is -0.350. The second-order valence-corrected chi connectivity index (χ2v) is 4.06. The molecule has 1 aromatic rings. The zero-order valence-electron chi connectivity index (χ0n) is 7.65. The van der Waals surface area contributed by atoms with Crippen molar-refractivity contribution in [2.24, 2.45) is 0 Å². The van der Waals surface area contributed by atoms with Crippen LogP contribution in [0.2, 0.25) is 0 Å². The molecule has 0 fully saturated rings. The highest BCUT2D eigenvalue weighted by Gasteiger charge is 1.98. The maximum atomic E-state index is 2.29. The molecule has 0 aromatic heterocycles. The first-order valence-corrected chi connectivity index (χ1v) is 5.40. The molecule has 0 amide bonds. The van der Waals surface area contributed by atoms with Gasteiger partial charge in [-0.05, 0) is 49.4 Å². The van der Waals surface area contributed by atoms with Crippen LogP contribution in [0.25, 0.3) is 0 Å². The van der Waals surface area contributed by atoms with Crippen LogP contribution in [0, 0.1) is 20.8 Å². The smallest absolute Gasteiger partial charge is 0.0269 e. The van der Waals surface area contributed by atoms with E-state index in [1.807, 2.05) is 0 Å². The summed E-state index contributed by atoms with van der Waals surface area (Å²) in [6.45, 7) is 8.79. The van der Waals surface area contributed by atoms with Crippen LogP contribution in [-0.2, 0) is 0 Å². The molecule has 11 heavy (non-hydrogen) atoms. The lowest BCUT2D eigenvalue weighted by Crippen LogP contribution is -1.98. The molecule has 0 aliphatic heterocycles. The fourth-order valence-electron chi connectivity index (χ4n) is 1.18. The average Bonchev–Trinajstić information content (AvgIpc) is 1.99. The third-order valence-electron chi connectivity index (χ3n) is 2.22. The van der Waals surface area contributed by atoms with Crippen LogP contribution in [0.4, 0.5) is 0 Å². The minimum Gasteiger partial charge on any atom is -0.0936 e. The number of rotatable bonds is 1. The van der Waals surface area contributed by atoms with Crippen LogP contribution in [0.15, 0.2) is 12.1 Å². The Balaban J connectivity index is 3.21. The standard InChI is InChI=1S/C10H15P/c1-7-5-10(11-4)6-8(2)9(7)3/h5-6,11H,1-4H3. The van der Waals surface area contributed by atoms with Gasteiger partial charge in [0.1, 0.15) is 0 Å². The maximum Gasteiger partial charge on any atom is -0.0269 e. The highest BCUT2D eigenvalue weighted by atomic mass is 31.1. The van der Waals surface area contributed by atoms with Crippen LogP contribution < -0.4 is 5.30 Å². The highest BCUT2D eigenvalue weighted by molar-refractivity contribution is 7.46. The van der Waals surface area contributed by atoms with Gasteiger partial charge in [-0.1, -0.05) is 20.7 Å². The van der Waals surface area contributed by atoms with E-state index in [-0.39, 0.29) is 0 Å². The van der Waals surface area contributed by atoms with Gasteiger partial charge in [-0.2, -0.15) is 0 Å². The Kier molecular flexibility index (Phi) is 2.67. The summed E-state index contributed by atoms with van der Waals surface area (Å²) in [5.74, 6) is 0. The number of aryl methyl sites for hydroxylation is 2. The summed E-state index contributed by atoms with van der Waals surface area (Å²) in [5, 5.41) is 1.48. The fraction of sp³-hybridized carbons (Fsp3) is 0.400. The summed E-state index contributed by atoms with van der Waals surface area (Å²) >= 11 is 0. The number of hydrogen-bond donors (Lipinski definition) is 0. The van der Waals surface area contributed by atoms with Gasteiger partial charge in [-0.3, -0.25) is 0 Å². The Labute approximate surface area is 70.8 Å². The molecule has 1 rings (SSSR count). The molecule has 60 valence electrons. The molecule has 0 aliphatic carbocycles. The Bertz CT molecular complexity index is 241. The van der Waals surface area contributed by atoms with Crippen molar-refractivity contribution in [1.29, 1.82) is 0 Å². The van der Waals surface area contributed by atoms with Crippen molar-refractivity contribution in [2.75, 3.05) is 6.66 Å². The summed E-state index contributed by atoms with van der Waals surface area (Å²) in [6.07, 6.45) is 0. The molecule has 0 heterocycles. The fourth-order valence-corrected chi connectivity index (χ4v) is 1.90. The second kappa shape index (κ2) is 3.36. The van der Waals surface area contributed by atoms with Gasteiger partial charge < -0.3 is 0 Å². The first-order chi connectivity index (χ1) is 5.15. The Morgan fingerprint density at radius 2 is 1.45 bits per heavy atom. The summed E-state index contributed by atoms with van der Waals surface area (Å²) in [4.78, 5) is 0. The van der Waals surface area contributed by atoms with E-state index in [2.05, 4.69) is 39.6 Å². The van der Waals surface area contributed by atoms with E-state index in [4.69, 9.17) is 0 Å². The Morgan fingerprint density at radius 1 is 1.00 bits per heavy atom. The number of benzene rings is 1. The van der Waals surface area contributed by atoms with Crippen LogP contribution in [0.1, 0.15) is 16.7 Å². The molecule has 0 bridgehead atoms. The van der Waals surface area contributed by atoms with E-state index in [9.17, 15) is 0 Å². The average molecular weight is 166 g/mol. The minimum absolute atomic E-state index is 0.919. The van der Waals surface area contributed by atoms with Gasteiger partial charge >= 0.3 is 0 Å². The summed E-state index contributed by atoms with van der Waals surface area (Å²) < 4.78 is 0. The third kappa shape index (κ3) is 1.81. The van der Waals surface area contributed by atoms with Gasteiger partial charge in [0.05, 0.1) is 0 Å². The summed E-state index contributed by atoms with van der Waals surface area (Å²) in [7, 11) is 0.919. The Morgan fingerprint density at radius 3 is 1.82 bits per heavy atom. The largest absolute Gasteiger partial charge is 0.0936 e. The summed E-state index contributed by atoms with van der Waals surface area (Å²) in [6, 6.07) is 4.58. The lowest BCUT2D eigenvalue weighted by atomic mass is 10.1. The lowest BCUT2D eigenvalue weighted by Gasteiger charge is -2.06. The predicted molar refractivity (Wildman–Crippen MR) is 54.5 cm³/mol. The molecule has 0 spiro atoms. The molecule has 0 N–H and O–H groups in total. The van der Waals surface area contributed by atoms with Gasteiger partial charge in [0.25, 0.3) is 0 Å². The molecule has 1 atom stereocenters. The molecule has 1 aromatic carbocycles. The van der Waals surface area contributed by atoms with E-state index < -0.39 is 0 Å². The van der Waals surface area contributed by atoms with E-state index in [0.29, 0.717) is 0 Å². The lowest BCUT2D eigenvalue weighted by molar-refractivity contribution is 1.28. The van der Waals surface area contributed by atoms with Crippen LogP contribution in [-0.4, -0.2) is 6.66 Å². The molecule has 0 nitrogen and oxygen atoms in total. The zero-order chi connectivity index (χ0) is 8.43. The molecule has 0 radical (unpaired) electrons. The highest BCUT2D eigenvalue weighted by Crippen LogP contribution is 2.14. The topological polar surface area (TPSA) is 0 Å². The van der Waals surface area contributed by atoms with Crippen LogP contribution >= 0.6 is 8.58 Å². The van der Waals surface area contributed by atoms with Crippen molar-refractivity contribution in [1.82, 2.24) is 0 Å². The second-order valence-electron chi connectivity index (χ2n) is 2.99. The van der Waals surface area contributed by atoms with Crippen molar-refractivity contribution in [2.45, 2.75) is 20.8 Å². The molecule has 1 unspecified atom stereocenters. The van der Waals surface area contributed by atoms with Gasteiger partial charge in [0.2, 0.25) is 0 Å². The van der Waals surface area contributed by atoms with Crippen molar-refractivity contribution >= 4 is 13.9 Å². The van der Waals surface area contributed by atoms with E-state index in [0.717, 1.165) is 8.58 Å². The minimum atomic E-state index is 0.919. The first-order valence-electron chi connectivity index (χ1n) is 3.90. The first kappa shape index (κ1) is 8.74. The van der Waals surface area contributed by atoms with Crippen molar-refractivity contribution < 1.29 is 0 Å². The predicted octanol–water partition coefficient (Wildman–Crippen LogP) is 2.55. The molecular weight excluding hydrogens is 151 g/mol. The monoisotopic (exact) mass is 166 g/mol. The van der Waals surface area contributed by atoms with Crippen molar-refractivity contribution in [3.05, 3.63) is 28.8 Å². The van der Waals surface area contributed by atoms with Gasteiger partial charge in [-0.25, -0.2) is 0 Å². The molecule has 0 saturated heterocycles. The van der Waals surface area contributed by atoms with E-state index >= 15 is 0 Å². The van der Waals surface area contributed by atoms with E-state index in [1.165, 1.54) is 22.0 Å². The van der Waals surface area contributed by atoms with Crippen LogP contribution in [0.5, 0.6) is 0 Å². The van der Waals surface area contributed by atoms with Crippen LogP contribution in [0.3, 0.4) is 0 Å². The molecule has 1 heteroatoms. The van der Waals surface area contributed by atoms with Gasteiger partial charge in [0, 0.05) is 0 Å². The molecule has 0 aliphatic rings. The molecular formula is C10H15P.